The summed E-state index contributed by atoms with van der Waals surface area (Å²) >= 11 is 7.42. The minimum absolute atomic E-state index is 0.110. The summed E-state index contributed by atoms with van der Waals surface area (Å²) in [6.45, 7) is 6.57. The number of nitrogens with one attached hydrogen (secondary N) is 1. The molecule has 2 rings (SSSR count). The number of aryl methyl sites for hydroxylation is 1. The van der Waals surface area contributed by atoms with Crippen LogP contribution in [-0.2, 0) is 13.2 Å². The van der Waals surface area contributed by atoms with Crippen molar-refractivity contribution in [1.82, 2.24) is 5.32 Å². The van der Waals surface area contributed by atoms with Crippen molar-refractivity contribution in [3.8, 4) is 5.75 Å². The molecule has 1 heterocycles. The number of benzene rings is 1. The normalized spacial score (nSPS) is 10.9. The largest absolute Gasteiger partial charge is 0.489 e. The van der Waals surface area contributed by atoms with Crippen LogP contribution in [0.25, 0.3) is 0 Å². The Bertz CT molecular complexity index is 600. The summed E-state index contributed by atoms with van der Waals surface area (Å²) in [7, 11) is 0. The zero-order chi connectivity index (χ0) is 15.2. The Morgan fingerprint density at radius 3 is 2.86 bits per heavy atom. The van der Waals surface area contributed by atoms with Gasteiger partial charge in [0.1, 0.15) is 18.2 Å². The molecule has 2 nitrogen and oxygen atoms in total. The first kappa shape index (κ1) is 16.3. The Labute approximate surface area is 133 Å². The van der Waals surface area contributed by atoms with Crippen LogP contribution in [0, 0.1) is 12.7 Å². The minimum atomic E-state index is -0.458. The van der Waals surface area contributed by atoms with E-state index in [9.17, 15) is 4.39 Å². The van der Waals surface area contributed by atoms with Gasteiger partial charge in [-0.15, -0.1) is 11.3 Å². The molecule has 1 N–H and O–H groups in total. The molecule has 0 saturated heterocycles. The van der Waals surface area contributed by atoms with Gasteiger partial charge in [0.15, 0.2) is 0 Å². The lowest BCUT2D eigenvalue weighted by Gasteiger charge is -2.06. The van der Waals surface area contributed by atoms with Crippen molar-refractivity contribution in [2.45, 2.75) is 33.4 Å². The summed E-state index contributed by atoms with van der Waals surface area (Å²) < 4.78 is 19.0. The van der Waals surface area contributed by atoms with Crippen molar-refractivity contribution < 1.29 is 9.13 Å². The minimum Gasteiger partial charge on any atom is -0.489 e. The van der Waals surface area contributed by atoms with Crippen LogP contribution in [0.3, 0.4) is 0 Å². The molecule has 2 aromatic rings. The summed E-state index contributed by atoms with van der Waals surface area (Å²) in [5.41, 5.74) is 1.14. The molecule has 21 heavy (non-hydrogen) atoms. The highest BCUT2D eigenvalue weighted by molar-refractivity contribution is 7.12. The van der Waals surface area contributed by atoms with Crippen LogP contribution in [-0.4, -0.2) is 6.54 Å². The number of hydrogen-bond acceptors (Lipinski definition) is 3. The second-order valence-corrected chi connectivity index (χ2v) is 6.58. The molecule has 1 aromatic carbocycles. The highest BCUT2D eigenvalue weighted by Crippen LogP contribution is 2.25. The number of hydrogen-bond donors (Lipinski definition) is 1. The maximum atomic E-state index is 13.3. The zero-order valence-electron chi connectivity index (χ0n) is 12.2. The molecular weight excluding hydrogens is 309 g/mol. The molecule has 5 heteroatoms. The van der Waals surface area contributed by atoms with E-state index in [1.54, 1.807) is 17.4 Å². The van der Waals surface area contributed by atoms with Gasteiger partial charge in [-0.2, -0.15) is 0 Å². The lowest BCUT2D eigenvalue weighted by molar-refractivity contribution is 0.304. The Morgan fingerprint density at radius 2 is 2.14 bits per heavy atom. The molecule has 0 fully saturated rings. The van der Waals surface area contributed by atoms with E-state index in [4.69, 9.17) is 16.3 Å². The zero-order valence-corrected chi connectivity index (χ0v) is 13.8. The fourth-order valence-corrected chi connectivity index (χ4v) is 3.07. The summed E-state index contributed by atoms with van der Waals surface area (Å²) in [6, 6.07) is 6.65. The molecule has 0 saturated carbocycles. The van der Waals surface area contributed by atoms with Crippen molar-refractivity contribution in [2.75, 3.05) is 6.54 Å². The molecule has 0 amide bonds. The molecule has 0 aliphatic carbocycles. The van der Waals surface area contributed by atoms with Crippen LogP contribution < -0.4 is 10.1 Å². The van der Waals surface area contributed by atoms with Gasteiger partial charge in [-0.05, 0) is 38.1 Å². The van der Waals surface area contributed by atoms with Crippen LogP contribution in [0.2, 0.25) is 5.02 Å². The molecule has 0 unspecified atom stereocenters. The van der Waals surface area contributed by atoms with Gasteiger partial charge in [0.25, 0.3) is 0 Å². The number of rotatable bonds is 7. The Morgan fingerprint density at radius 1 is 1.33 bits per heavy atom. The highest BCUT2D eigenvalue weighted by Gasteiger charge is 2.07. The van der Waals surface area contributed by atoms with E-state index in [0.29, 0.717) is 12.4 Å². The summed E-state index contributed by atoms with van der Waals surface area (Å²) in [4.78, 5) is 2.53. The van der Waals surface area contributed by atoms with Crippen molar-refractivity contribution in [1.29, 1.82) is 0 Å². The van der Waals surface area contributed by atoms with Gasteiger partial charge in [-0.3, -0.25) is 0 Å². The van der Waals surface area contributed by atoms with Crippen molar-refractivity contribution in [2.24, 2.45) is 0 Å². The van der Waals surface area contributed by atoms with E-state index in [2.05, 4.69) is 25.2 Å². The standard InChI is InChI=1S/C16H19ClFNOS/c1-3-6-19-9-14-7-12(11(2)21-14)10-20-13-4-5-15(17)16(18)8-13/h4-5,7-8,19H,3,6,9-10H2,1-2H3. The van der Waals surface area contributed by atoms with E-state index < -0.39 is 5.82 Å². The van der Waals surface area contributed by atoms with Crippen LogP contribution in [0.4, 0.5) is 4.39 Å². The first-order chi connectivity index (χ1) is 10.1. The topological polar surface area (TPSA) is 21.3 Å². The average Bonchev–Trinajstić information content (AvgIpc) is 2.81. The maximum absolute atomic E-state index is 13.3. The monoisotopic (exact) mass is 327 g/mol. The maximum Gasteiger partial charge on any atom is 0.145 e. The van der Waals surface area contributed by atoms with Crippen LogP contribution in [0.5, 0.6) is 5.75 Å². The molecule has 0 aliphatic rings. The molecule has 0 aliphatic heterocycles. The van der Waals surface area contributed by atoms with Gasteiger partial charge in [0.2, 0.25) is 0 Å². The van der Waals surface area contributed by atoms with Gasteiger partial charge < -0.3 is 10.1 Å². The third-order valence-corrected chi connectivity index (χ3v) is 4.48. The van der Waals surface area contributed by atoms with Gasteiger partial charge >= 0.3 is 0 Å². The Hall–Kier alpha value is -1.10. The fraction of sp³-hybridized carbons (Fsp3) is 0.375. The Kier molecular flexibility index (Phi) is 6.03. The van der Waals surface area contributed by atoms with Gasteiger partial charge in [0, 0.05) is 27.9 Å². The molecule has 1 aromatic heterocycles. The highest BCUT2D eigenvalue weighted by atomic mass is 35.5. The second kappa shape index (κ2) is 7.78. The first-order valence-electron chi connectivity index (χ1n) is 6.97. The van der Waals surface area contributed by atoms with Gasteiger partial charge in [-0.25, -0.2) is 4.39 Å². The van der Waals surface area contributed by atoms with Crippen LogP contribution in [0.1, 0.15) is 28.7 Å². The van der Waals surface area contributed by atoms with Gasteiger partial charge in [0.05, 0.1) is 5.02 Å². The van der Waals surface area contributed by atoms with E-state index in [0.717, 1.165) is 25.1 Å². The summed E-state index contributed by atoms with van der Waals surface area (Å²) in [6.07, 6.45) is 1.13. The SMILES string of the molecule is CCCNCc1cc(COc2ccc(Cl)c(F)c2)c(C)s1. The van der Waals surface area contributed by atoms with Crippen molar-refractivity contribution in [3.05, 3.63) is 50.4 Å². The Balaban J connectivity index is 1.94. The average molecular weight is 328 g/mol. The molecule has 0 atom stereocenters. The quantitative estimate of drug-likeness (QED) is 0.728. The van der Waals surface area contributed by atoms with Crippen LogP contribution >= 0.6 is 22.9 Å². The lowest BCUT2D eigenvalue weighted by atomic mass is 10.2. The number of thiophene rings is 1. The predicted molar refractivity (Wildman–Crippen MR) is 86.8 cm³/mol. The van der Waals surface area contributed by atoms with E-state index >= 15 is 0 Å². The van der Waals surface area contributed by atoms with Gasteiger partial charge in [-0.1, -0.05) is 18.5 Å². The number of halogens is 2. The molecule has 114 valence electrons. The second-order valence-electron chi connectivity index (χ2n) is 4.84. The lowest BCUT2D eigenvalue weighted by Crippen LogP contribution is -2.12. The smallest absolute Gasteiger partial charge is 0.145 e. The summed E-state index contributed by atoms with van der Waals surface area (Å²) in [5.74, 6) is 0.0359. The van der Waals surface area contributed by atoms with Crippen molar-refractivity contribution in [3.63, 3.8) is 0 Å². The predicted octanol–water partition coefficient (Wildman–Crippen LogP) is 4.93. The first-order valence-corrected chi connectivity index (χ1v) is 8.16. The van der Waals surface area contributed by atoms with Crippen LogP contribution in [0.15, 0.2) is 24.3 Å². The fourth-order valence-electron chi connectivity index (χ4n) is 1.93. The molecule has 0 bridgehead atoms. The molecule has 0 radical (unpaired) electrons. The third-order valence-electron chi connectivity index (χ3n) is 3.08. The van der Waals surface area contributed by atoms with E-state index in [-0.39, 0.29) is 5.02 Å². The molecule has 0 spiro atoms. The van der Waals surface area contributed by atoms with Crippen molar-refractivity contribution >= 4 is 22.9 Å². The third kappa shape index (κ3) is 4.70. The summed E-state index contributed by atoms with van der Waals surface area (Å²) in [5, 5.41) is 3.49. The van der Waals surface area contributed by atoms with E-state index in [1.165, 1.54) is 21.9 Å². The number of ether oxygens (including phenoxy) is 1. The van der Waals surface area contributed by atoms with E-state index in [1.807, 2.05) is 0 Å². The molecular formula is C16H19ClFNOS.